The Balaban J connectivity index is 2.91. The van der Waals surface area contributed by atoms with E-state index in [2.05, 4.69) is 20.9 Å². The summed E-state index contributed by atoms with van der Waals surface area (Å²) in [5, 5.41) is 17.6. The van der Waals surface area contributed by atoms with Crippen molar-refractivity contribution in [3.05, 3.63) is 35.9 Å². The van der Waals surface area contributed by atoms with Crippen molar-refractivity contribution in [3.63, 3.8) is 0 Å². The van der Waals surface area contributed by atoms with Crippen LogP contribution in [-0.4, -0.2) is 72.0 Å². The van der Waals surface area contributed by atoms with Gasteiger partial charge in [-0.3, -0.25) is 19.4 Å². The zero-order chi connectivity index (χ0) is 29.4. The van der Waals surface area contributed by atoms with Crippen molar-refractivity contribution in [2.75, 3.05) is 13.1 Å². The molecule has 39 heavy (non-hydrogen) atoms. The van der Waals surface area contributed by atoms with Crippen molar-refractivity contribution < 1.29 is 24.3 Å². The van der Waals surface area contributed by atoms with Crippen molar-refractivity contribution in [2.24, 2.45) is 33.8 Å². The van der Waals surface area contributed by atoms with Crippen LogP contribution in [0.1, 0.15) is 51.5 Å². The SMILES string of the molecule is CC(C)[C@H](NC(=O)[C@@H](N)CCCN=C(N)N)C(=O)N[C@@H](CCCCN)C(=O)N[C@@H](Cc1ccccc1)C(=O)O. The lowest BCUT2D eigenvalue weighted by atomic mass is 10.0. The third-order valence-electron chi connectivity index (χ3n) is 6.03. The minimum Gasteiger partial charge on any atom is -0.480 e. The lowest BCUT2D eigenvalue weighted by Crippen LogP contribution is -2.58. The number of nitrogens with zero attached hydrogens (tertiary/aromatic N) is 1. The predicted molar refractivity (Wildman–Crippen MR) is 149 cm³/mol. The van der Waals surface area contributed by atoms with Gasteiger partial charge in [-0.05, 0) is 50.1 Å². The molecule has 0 aliphatic heterocycles. The van der Waals surface area contributed by atoms with Gasteiger partial charge in [0, 0.05) is 13.0 Å². The number of carbonyl (C=O) groups is 4. The second kappa shape index (κ2) is 17.7. The fraction of sp³-hybridized carbons (Fsp3) is 0.577. The highest BCUT2D eigenvalue weighted by Crippen LogP contribution is 2.09. The van der Waals surface area contributed by atoms with Crippen LogP contribution in [0.5, 0.6) is 0 Å². The topological polar surface area (TPSA) is 241 Å². The maximum atomic E-state index is 13.2. The Labute approximate surface area is 229 Å². The van der Waals surface area contributed by atoms with Crippen LogP contribution in [0.4, 0.5) is 0 Å². The fourth-order valence-corrected chi connectivity index (χ4v) is 3.79. The quantitative estimate of drug-likeness (QED) is 0.0632. The molecular formula is C26H44N8O5. The summed E-state index contributed by atoms with van der Waals surface area (Å²) in [6.45, 7) is 4.22. The van der Waals surface area contributed by atoms with Crippen LogP contribution in [0.25, 0.3) is 0 Å². The molecule has 13 nitrogen and oxygen atoms in total. The summed E-state index contributed by atoms with van der Waals surface area (Å²) >= 11 is 0. The highest BCUT2D eigenvalue weighted by molar-refractivity contribution is 5.94. The van der Waals surface area contributed by atoms with Gasteiger partial charge < -0.3 is 44.0 Å². The summed E-state index contributed by atoms with van der Waals surface area (Å²) in [5.74, 6) is -3.29. The van der Waals surface area contributed by atoms with E-state index in [1.165, 1.54) is 0 Å². The average Bonchev–Trinajstić information content (AvgIpc) is 2.88. The molecule has 3 amide bonds. The number of guanidine groups is 1. The van der Waals surface area contributed by atoms with E-state index in [0.717, 1.165) is 5.56 Å². The molecular weight excluding hydrogens is 504 g/mol. The van der Waals surface area contributed by atoms with E-state index in [4.69, 9.17) is 22.9 Å². The number of aliphatic carboxylic acids is 1. The smallest absolute Gasteiger partial charge is 0.326 e. The molecule has 1 aromatic carbocycles. The van der Waals surface area contributed by atoms with Crippen LogP contribution < -0.4 is 38.9 Å². The highest BCUT2D eigenvalue weighted by atomic mass is 16.4. The monoisotopic (exact) mass is 548 g/mol. The molecule has 13 heteroatoms. The van der Waals surface area contributed by atoms with Crippen molar-refractivity contribution >= 4 is 29.7 Å². The lowest BCUT2D eigenvalue weighted by Gasteiger charge is -2.27. The first-order valence-corrected chi connectivity index (χ1v) is 13.1. The molecule has 1 rings (SSSR count). The number of aliphatic imine (C=N–C) groups is 1. The molecule has 0 aromatic heterocycles. The predicted octanol–water partition coefficient (Wildman–Crippen LogP) is -1.07. The molecule has 0 saturated carbocycles. The molecule has 0 heterocycles. The van der Waals surface area contributed by atoms with Gasteiger partial charge in [-0.15, -0.1) is 0 Å². The zero-order valence-electron chi connectivity index (χ0n) is 22.8. The van der Waals surface area contributed by atoms with E-state index in [-0.39, 0.29) is 24.7 Å². The van der Waals surface area contributed by atoms with Crippen LogP contribution in [-0.2, 0) is 25.6 Å². The molecule has 0 fully saturated rings. The Hall–Kier alpha value is -3.71. The molecule has 4 atom stereocenters. The lowest BCUT2D eigenvalue weighted by molar-refractivity contribution is -0.142. The second-order valence-electron chi connectivity index (χ2n) is 9.72. The highest BCUT2D eigenvalue weighted by Gasteiger charge is 2.31. The summed E-state index contributed by atoms with van der Waals surface area (Å²) in [6.07, 6.45) is 2.25. The number of rotatable bonds is 18. The number of carboxylic acid groups (broad SMARTS) is 1. The standard InChI is InChI=1S/C26H44N8O5/c1-16(2)21(34-22(35)18(28)11-8-14-31-26(29)30)24(37)32-19(12-6-7-13-27)23(36)33-20(25(38)39)15-17-9-4-3-5-10-17/h3-5,9-10,16,18-21H,6-8,11-15,27-28H2,1-2H3,(H,32,37)(H,33,36)(H,34,35)(H,38,39)(H4,29,30,31)/t18-,19-,20-,21-/m0/s1. The van der Waals surface area contributed by atoms with Gasteiger partial charge in [0.15, 0.2) is 5.96 Å². The third kappa shape index (κ3) is 13.1. The van der Waals surface area contributed by atoms with E-state index in [1.807, 2.05) is 6.07 Å². The van der Waals surface area contributed by atoms with Gasteiger partial charge in [-0.25, -0.2) is 4.79 Å². The number of carboxylic acids is 1. The summed E-state index contributed by atoms with van der Waals surface area (Å²) in [7, 11) is 0. The maximum Gasteiger partial charge on any atom is 0.326 e. The van der Waals surface area contributed by atoms with Crippen molar-refractivity contribution in [3.8, 4) is 0 Å². The number of hydrogen-bond donors (Lipinski definition) is 8. The number of benzene rings is 1. The molecule has 0 radical (unpaired) electrons. The largest absolute Gasteiger partial charge is 0.480 e. The van der Waals surface area contributed by atoms with Gasteiger partial charge in [0.2, 0.25) is 17.7 Å². The van der Waals surface area contributed by atoms with Gasteiger partial charge in [-0.1, -0.05) is 44.2 Å². The Morgan fingerprint density at radius 2 is 1.51 bits per heavy atom. The van der Waals surface area contributed by atoms with Crippen LogP contribution in [0.3, 0.4) is 0 Å². The van der Waals surface area contributed by atoms with Gasteiger partial charge in [0.05, 0.1) is 6.04 Å². The number of nitrogens with one attached hydrogen (secondary N) is 3. The molecule has 0 saturated heterocycles. The van der Waals surface area contributed by atoms with Crippen LogP contribution in [0, 0.1) is 5.92 Å². The number of amides is 3. The van der Waals surface area contributed by atoms with Crippen LogP contribution >= 0.6 is 0 Å². The molecule has 0 bridgehead atoms. The average molecular weight is 549 g/mol. The molecule has 12 N–H and O–H groups in total. The first-order valence-electron chi connectivity index (χ1n) is 13.1. The van der Waals surface area contributed by atoms with Crippen molar-refractivity contribution in [1.29, 1.82) is 0 Å². The number of unbranched alkanes of at least 4 members (excludes halogenated alkanes) is 1. The number of carbonyl (C=O) groups excluding carboxylic acids is 3. The summed E-state index contributed by atoms with van der Waals surface area (Å²) < 4.78 is 0. The van der Waals surface area contributed by atoms with E-state index in [0.29, 0.717) is 38.8 Å². The number of hydrogen-bond acceptors (Lipinski definition) is 7. The first-order chi connectivity index (χ1) is 18.5. The molecule has 0 aliphatic rings. The van der Waals surface area contributed by atoms with Gasteiger partial charge in [0.25, 0.3) is 0 Å². The molecule has 0 aliphatic carbocycles. The summed E-state index contributed by atoms with van der Waals surface area (Å²) in [4.78, 5) is 54.7. The zero-order valence-corrected chi connectivity index (χ0v) is 22.8. The maximum absolute atomic E-state index is 13.2. The first kappa shape index (κ1) is 33.3. The Kier molecular flexibility index (Phi) is 15.2. The molecule has 218 valence electrons. The second-order valence-corrected chi connectivity index (χ2v) is 9.72. The molecule has 0 spiro atoms. The van der Waals surface area contributed by atoms with Gasteiger partial charge in [-0.2, -0.15) is 0 Å². The van der Waals surface area contributed by atoms with Gasteiger partial charge in [0.1, 0.15) is 18.1 Å². The normalized spacial score (nSPS) is 14.0. The van der Waals surface area contributed by atoms with Crippen molar-refractivity contribution in [1.82, 2.24) is 16.0 Å². The van der Waals surface area contributed by atoms with E-state index in [9.17, 15) is 24.3 Å². The van der Waals surface area contributed by atoms with E-state index >= 15 is 0 Å². The Morgan fingerprint density at radius 1 is 0.872 bits per heavy atom. The van der Waals surface area contributed by atoms with E-state index < -0.39 is 47.9 Å². The van der Waals surface area contributed by atoms with Crippen LogP contribution in [0.2, 0.25) is 0 Å². The third-order valence-corrected chi connectivity index (χ3v) is 6.03. The minimum atomic E-state index is -1.19. The molecule has 0 unspecified atom stereocenters. The Morgan fingerprint density at radius 3 is 2.08 bits per heavy atom. The summed E-state index contributed by atoms with van der Waals surface area (Å²) in [6, 6.07) is 4.85. The van der Waals surface area contributed by atoms with Crippen molar-refractivity contribution in [2.45, 2.75) is 76.5 Å². The minimum absolute atomic E-state index is 0.0515. The Bertz CT molecular complexity index is 953. The molecule has 1 aromatic rings. The van der Waals surface area contributed by atoms with E-state index in [1.54, 1.807) is 38.1 Å². The fourth-order valence-electron chi connectivity index (χ4n) is 3.79. The van der Waals surface area contributed by atoms with Crippen LogP contribution in [0.15, 0.2) is 35.3 Å². The summed E-state index contributed by atoms with van der Waals surface area (Å²) in [5.41, 5.74) is 22.9. The van der Waals surface area contributed by atoms with Gasteiger partial charge >= 0.3 is 5.97 Å². The number of nitrogens with two attached hydrogens (primary N) is 4.